The van der Waals surface area contributed by atoms with Crippen LogP contribution in [0.15, 0.2) is 47.3 Å². The normalized spacial score (nSPS) is 12.4. The summed E-state index contributed by atoms with van der Waals surface area (Å²) in [5.41, 5.74) is 1.44. The highest BCUT2D eigenvalue weighted by molar-refractivity contribution is 7.20. The van der Waals surface area contributed by atoms with E-state index in [2.05, 4.69) is 10.3 Å². The van der Waals surface area contributed by atoms with Gasteiger partial charge >= 0.3 is 0 Å². The van der Waals surface area contributed by atoms with Crippen LogP contribution in [-0.2, 0) is 0 Å². The maximum Gasteiger partial charge on any atom is 0.280 e. The molecule has 0 aliphatic rings. The van der Waals surface area contributed by atoms with Crippen LogP contribution >= 0.6 is 11.3 Å². The molecule has 0 saturated heterocycles. The van der Waals surface area contributed by atoms with E-state index in [1.54, 1.807) is 6.07 Å². The smallest absolute Gasteiger partial charge is 0.280 e. The number of hydrogen-bond donors (Lipinski definition) is 2. The lowest BCUT2D eigenvalue weighted by molar-refractivity contribution is 0.0915. The van der Waals surface area contributed by atoms with Crippen molar-refractivity contribution in [2.45, 2.75) is 6.10 Å². The molecule has 0 bridgehead atoms. The molecule has 1 aromatic carbocycles. The van der Waals surface area contributed by atoms with Crippen LogP contribution in [0.1, 0.15) is 21.5 Å². The summed E-state index contributed by atoms with van der Waals surface area (Å²) in [6.45, 7) is 0.119. The fraction of sp³-hybridized carbons (Fsp3) is 0.143. The zero-order valence-electron chi connectivity index (χ0n) is 10.4. The molecule has 2 aromatic heterocycles. The van der Waals surface area contributed by atoms with E-state index < -0.39 is 6.10 Å². The van der Waals surface area contributed by atoms with E-state index >= 15 is 0 Å². The average Bonchev–Trinajstić information content (AvgIpc) is 3.12. The molecule has 3 aromatic rings. The molecular formula is C14H12N2O3S. The van der Waals surface area contributed by atoms with Gasteiger partial charge in [-0.05, 0) is 18.2 Å². The van der Waals surface area contributed by atoms with Gasteiger partial charge < -0.3 is 14.8 Å². The van der Waals surface area contributed by atoms with E-state index in [4.69, 9.17) is 4.42 Å². The Labute approximate surface area is 118 Å². The van der Waals surface area contributed by atoms with Gasteiger partial charge in [0.05, 0.1) is 28.8 Å². The summed E-state index contributed by atoms with van der Waals surface area (Å²) >= 11 is 1.33. The number of hydrogen-bond acceptors (Lipinski definition) is 5. The summed E-state index contributed by atoms with van der Waals surface area (Å²) < 4.78 is 5.85. The van der Waals surface area contributed by atoms with Gasteiger partial charge in [-0.25, -0.2) is 4.98 Å². The second-order valence-electron chi connectivity index (χ2n) is 4.27. The van der Waals surface area contributed by atoms with E-state index in [-0.39, 0.29) is 12.5 Å². The fourth-order valence-corrected chi connectivity index (χ4v) is 2.70. The number of carbonyl (C=O) groups excluding carboxylic acids is 1. The van der Waals surface area contributed by atoms with Gasteiger partial charge in [0.1, 0.15) is 0 Å². The first-order valence-electron chi connectivity index (χ1n) is 6.08. The number of fused-ring (bicyclic) bond motifs is 1. The van der Waals surface area contributed by atoms with Crippen LogP contribution in [0.4, 0.5) is 0 Å². The summed E-state index contributed by atoms with van der Waals surface area (Å²) in [4.78, 5) is 16.3. The van der Waals surface area contributed by atoms with Crippen LogP contribution in [0.3, 0.4) is 0 Å². The number of para-hydroxylation sites is 1. The van der Waals surface area contributed by atoms with Gasteiger partial charge in [0.2, 0.25) is 0 Å². The van der Waals surface area contributed by atoms with Crippen molar-refractivity contribution < 1.29 is 14.3 Å². The summed E-state index contributed by atoms with van der Waals surface area (Å²) in [7, 11) is 0. The topological polar surface area (TPSA) is 75.4 Å². The van der Waals surface area contributed by atoms with Gasteiger partial charge in [-0.1, -0.05) is 12.1 Å². The molecule has 0 saturated carbocycles. The molecule has 0 aliphatic carbocycles. The molecule has 0 unspecified atom stereocenters. The van der Waals surface area contributed by atoms with Crippen molar-refractivity contribution in [1.82, 2.24) is 10.3 Å². The van der Waals surface area contributed by atoms with E-state index in [1.807, 2.05) is 24.3 Å². The molecular weight excluding hydrogens is 276 g/mol. The molecule has 0 fully saturated rings. The third-order valence-corrected chi connectivity index (χ3v) is 3.91. The van der Waals surface area contributed by atoms with Crippen LogP contribution in [-0.4, -0.2) is 22.5 Å². The van der Waals surface area contributed by atoms with Gasteiger partial charge in [0.15, 0.2) is 5.01 Å². The Morgan fingerprint density at radius 1 is 1.40 bits per heavy atom. The van der Waals surface area contributed by atoms with Crippen LogP contribution < -0.4 is 5.32 Å². The summed E-state index contributed by atoms with van der Waals surface area (Å²) in [6.07, 6.45) is 2.15. The number of nitrogens with zero attached hydrogens (tertiary/aromatic N) is 1. The van der Waals surface area contributed by atoms with Crippen LogP contribution in [0.5, 0.6) is 0 Å². The highest BCUT2D eigenvalue weighted by atomic mass is 32.1. The first kappa shape index (κ1) is 12.8. The Morgan fingerprint density at radius 2 is 2.25 bits per heavy atom. The molecule has 0 aliphatic heterocycles. The van der Waals surface area contributed by atoms with Gasteiger partial charge in [-0.15, -0.1) is 11.3 Å². The molecule has 0 spiro atoms. The third kappa shape index (κ3) is 2.56. The number of carbonyl (C=O) groups is 1. The summed E-state index contributed by atoms with van der Waals surface area (Å²) in [6, 6.07) is 9.23. The number of aliphatic hydroxyl groups excluding tert-OH is 1. The summed E-state index contributed by atoms with van der Waals surface area (Å²) in [5.74, 6) is -0.284. The molecule has 6 heteroatoms. The SMILES string of the molecule is O=C(NC[C@H](O)c1ccoc1)c1nc2ccccc2s1. The number of thiazole rings is 1. The maximum atomic E-state index is 12.0. The number of amides is 1. The standard InChI is InChI=1S/C14H12N2O3S/c17-11(9-5-6-19-8-9)7-15-13(18)14-16-10-3-1-2-4-12(10)20-14/h1-6,8,11,17H,7H2,(H,15,18)/t11-/m0/s1. The molecule has 3 rings (SSSR count). The van der Waals surface area contributed by atoms with E-state index in [0.29, 0.717) is 10.6 Å². The highest BCUT2D eigenvalue weighted by Gasteiger charge is 2.14. The first-order valence-corrected chi connectivity index (χ1v) is 6.89. The number of nitrogens with one attached hydrogen (secondary N) is 1. The van der Waals surface area contributed by atoms with Gasteiger partial charge in [-0.3, -0.25) is 4.79 Å². The zero-order chi connectivity index (χ0) is 13.9. The van der Waals surface area contributed by atoms with Crippen molar-refractivity contribution >= 4 is 27.5 Å². The Bertz CT molecular complexity index is 688. The predicted octanol–water partition coefficient (Wildman–Crippen LogP) is 2.35. The van der Waals surface area contributed by atoms with Crippen molar-refractivity contribution in [2.75, 3.05) is 6.54 Å². The number of furan rings is 1. The predicted molar refractivity (Wildman–Crippen MR) is 75.6 cm³/mol. The number of aromatic nitrogens is 1. The molecule has 20 heavy (non-hydrogen) atoms. The van der Waals surface area contributed by atoms with Crippen LogP contribution in [0, 0.1) is 0 Å². The summed E-state index contributed by atoms with van der Waals surface area (Å²) in [5, 5.41) is 12.9. The van der Waals surface area contributed by atoms with Crippen molar-refractivity contribution in [3.05, 3.63) is 53.4 Å². The van der Waals surface area contributed by atoms with Crippen LogP contribution in [0.2, 0.25) is 0 Å². The molecule has 0 radical (unpaired) electrons. The van der Waals surface area contributed by atoms with E-state index in [0.717, 1.165) is 10.2 Å². The first-order chi connectivity index (χ1) is 9.74. The lowest BCUT2D eigenvalue weighted by Crippen LogP contribution is -2.28. The highest BCUT2D eigenvalue weighted by Crippen LogP contribution is 2.21. The minimum atomic E-state index is -0.785. The Balaban J connectivity index is 1.67. The third-order valence-electron chi connectivity index (χ3n) is 2.87. The number of benzene rings is 1. The Kier molecular flexibility index (Phi) is 3.49. The Hall–Kier alpha value is -2.18. The molecule has 2 N–H and O–H groups in total. The van der Waals surface area contributed by atoms with E-state index in [9.17, 15) is 9.90 Å². The minimum absolute atomic E-state index is 0.119. The average molecular weight is 288 g/mol. The molecule has 2 heterocycles. The second-order valence-corrected chi connectivity index (χ2v) is 5.30. The quantitative estimate of drug-likeness (QED) is 0.772. The van der Waals surface area contributed by atoms with Crippen molar-refractivity contribution in [3.63, 3.8) is 0 Å². The second kappa shape index (κ2) is 5.44. The lowest BCUT2D eigenvalue weighted by Gasteiger charge is -2.08. The molecule has 1 amide bonds. The van der Waals surface area contributed by atoms with Crippen LogP contribution in [0.25, 0.3) is 10.2 Å². The van der Waals surface area contributed by atoms with E-state index in [1.165, 1.54) is 23.9 Å². The van der Waals surface area contributed by atoms with Gasteiger partial charge in [0.25, 0.3) is 5.91 Å². The fourth-order valence-electron chi connectivity index (χ4n) is 1.82. The van der Waals surface area contributed by atoms with Crippen molar-refractivity contribution in [1.29, 1.82) is 0 Å². The Morgan fingerprint density at radius 3 is 3.00 bits per heavy atom. The number of rotatable bonds is 4. The van der Waals surface area contributed by atoms with Gasteiger partial charge in [0, 0.05) is 12.1 Å². The molecule has 1 atom stereocenters. The van der Waals surface area contributed by atoms with Crippen molar-refractivity contribution in [2.24, 2.45) is 0 Å². The minimum Gasteiger partial charge on any atom is -0.472 e. The van der Waals surface area contributed by atoms with Gasteiger partial charge in [-0.2, -0.15) is 0 Å². The maximum absolute atomic E-state index is 12.0. The molecule has 5 nitrogen and oxygen atoms in total. The molecule has 102 valence electrons. The zero-order valence-corrected chi connectivity index (χ0v) is 11.3. The largest absolute Gasteiger partial charge is 0.472 e. The van der Waals surface area contributed by atoms with Crippen molar-refractivity contribution in [3.8, 4) is 0 Å². The monoisotopic (exact) mass is 288 g/mol. The lowest BCUT2D eigenvalue weighted by atomic mass is 10.2. The number of aliphatic hydroxyl groups is 1.